The summed E-state index contributed by atoms with van der Waals surface area (Å²) in [4.78, 5) is 23.8. The fraction of sp³-hybridized carbons (Fsp3) is 0.500. The summed E-state index contributed by atoms with van der Waals surface area (Å²) in [6.45, 7) is 5.56. The SMILES string of the molecule is O=C(CCN1CCN(c2ccc(Cl)cn2)CC1)N1CCCC(Nc2ccc(SC(F)(F)F)cc2)C1. The summed E-state index contributed by atoms with van der Waals surface area (Å²) in [6, 6.07) is 10.1. The van der Waals surface area contributed by atoms with Crippen molar-refractivity contribution in [2.24, 2.45) is 0 Å². The first-order valence-electron chi connectivity index (χ1n) is 11.7. The Kier molecular flexibility index (Phi) is 8.67. The second-order valence-corrected chi connectivity index (χ2v) is 10.4. The normalized spacial score (nSPS) is 19.6. The number of nitrogens with zero attached hydrogens (tertiary/aromatic N) is 4. The summed E-state index contributed by atoms with van der Waals surface area (Å²) in [5.74, 6) is 1.07. The number of rotatable bonds is 7. The molecule has 35 heavy (non-hydrogen) atoms. The summed E-state index contributed by atoms with van der Waals surface area (Å²) >= 11 is 5.80. The van der Waals surface area contributed by atoms with E-state index in [-0.39, 0.29) is 28.6 Å². The Morgan fingerprint density at radius 3 is 2.49 bits per heavy atom. The molecule has 1 unspecified atom stereocenters. The van der Waals surface area contributed by atoms with Crippen LogP contribution >= 0.6 is 23.4 Å². The van der Waals surface area contributed by atoms with Crippen LogP contribution in [0, 0.1) is 0 Å². The molecule has 1 amide bonds. The summed E-state index contributed by atoms with van der Waals surface area (Å²) < 4.78 is 37.5. The third-order valence-corrected chi connectivity index (χ3v) is 7.25. The largest absolute Gasteiger partial charge is 0.446 e. The predicted octanol–water partition coefficient (Wildman–Crippen LogP) is 4.96. The Bertz CT molecular complexity index is 969. The van der Waals surface area contributed by atoms with Crippen molar-refractivity contribution in [2.75, 3.05) is 56.0 Å². The number of likely N-dealkylation sites (tertiary alicyclic amines) is 1. The summed E-state index contributed by atoms with van der Waals surface area (Å²) in [5, 5.41) is 3.99. The molecule has 0 aliphatic carbocycles. The zero-order chi connectivity index (χ0) is 24.8. The van der Waals surface area contributed by atoms with Crippen LogP contribution < -0.4 is 10.2 Å². The molecule has 0 bridgehead atoms. The summed E-state index contributed by atoms with van der Waals surface area (Å²) in [6.07, 6.45) is 3.96. The van der Waals surface area contributed by atoms with Crippen LogP contribution in [0.3, 0.4) is 0 Å². The molecule has 3 heterocycles. The van der Waals surface area contributed by atoms with Crippen molar-refractivity contribution in [2.45, 2.75) is 35.7 Å². The van der Waals surface area contributed by atoms with Crippen LogP contribution in [0.1, 0.15) is 19.3 Å². The lowest BCUT2D eigenvalue weighted by molar-refractivity contribution is -0.132. The predicted molar refractivity (Wildman–Crippen MR) is 134 cm³/mol. The van der Waals surface area contributed by atoms with Crippen molar-refractivity contribution in [3.8, 4) is 0 Å². The van der Waals surface area contributed by atoms with E-state index in [4.69, 9.17) is 11.6 Å². The van der Waals surface area contributed by atoms with Crippen LogP contribution in [0.4, 0.5) is 24.7 Å². The van der Waals surface area contributed by atoms with Gasteiger partial charge in [-0.05, 0) is 61.0 Å². The van der Waals surface area contributed by atoms with Gasteiger partial charge < -0.3 is 15.1 Å². The Morgan fingerprint density at radius 1 is 1.09 bits per heavy atom. The minimum absolute atomic E-state index is 0.0873. The second-order valence-electron chi connectivity index (χ2n) is 8.81. The van der Waals surface area contributed by atoms with Crippen molar-refractivity contribution < 1.29 is 18.0 Å². The number of pyridine rings is 1. The quantitative estimate of drug-likeness (QED) is 0.514. The van der Waals surface area contributed by atoms with Gasteiger partial charge in [0.25, 0.3) is 0 Å². The average molecular weight is 528 g/mol. The average Bonchev–Trinajstić information content (AvgIpc) is 2.84. The molecular formula is C24H29ClF3N5OS. The molecule has 2 aromatic rings. The number of aromatic nitrogens is 1. The molecule has 2 aliphatic heterocycles. The molecule has 0 saturated carbocycles. The highest BCUT2D eigenvalue weighted by Gasteiger charge is 2.29. The molecule has 0 radical (unpaired) electrons. The number of piperidine rings is 1. The van der Waals surface area contributed by atoms with Gasteiger partial charge in [-0.3, -0.25) is 9.69 Å². The first-order valence-corrected chi connectivity index (χ1v) is 12.9. The standard InChI is InChI=1S/C24H29ClF3N5OS/c25-18-3-8-22(29-16-18)32-14-12-31(13-15-32)11-9-23(34)33-10-1-2-20(17-33)30-19-4-6-21(7-5-19)35-24(26,27)28/h3-8,16,20,30H,1-2,9-15,17H2. The number of nitrogens with one attached hydrogen (secondary N) is 1. The van der Waals surface area contributed by atoms with Crippen LogP contribution in [0.25, 0.3) is 0 Å². The van der Waals surface area contributed by atoms with Crippen molar-refractivity contribution in [1.82, 2.24) is 14.8 Å². The molecule has 11 heteroatoms. The van der Waals surface area contributed by atoms with Crippen molar-refractivity contribution in [3.05, 3.63) is 47.6 Å². The lowest BCUT2D eigenvalue weighted by atomic mass is 10.0. The third-order valence-electron chi connectivity index (χ3n) is 6.28. The van der Waals surface area contributed by atoms with Crippen LogP contribution in [0.15, 0.2) is 47.5 Å². The lowest BCUT2D eigenvalue weighted by Gasteiger charge is -2.36. The van der Waals surface area contributed by atoms with Crippen LogP contribution in [-0.2, 0) is 4.79 Å². The van der Waals surface area contributed by atoms with Gasteiger partial charge in [-0.25, -0.2) is 4.98 Å². The maximum Gasteiger partial charge on any atom is 0.446 e. The Labute approximate surface area is 212 Å². The van der Waals surface area contributed by atoms with Gasteiger partial charge in [0.15, 0.2) is 0 Å². The van der Waals surface area contributed by atoms with Gasteiger partial charge in [-0.2, -0.15) is 13.2 Å². The molecule has 1 atom stereocenters. The highest BCUT2D eigenvalue weighted by atomic mass is 35.5. The maximum atomic E-state index is 12.9. The maximum absolute atomic E-state index is 12.9. The van der Waals surface area contributed by atoms with Gasteiger partial charge in [0, 0.05) is 75.1 Å². The molecule has 1 aromatic carbocycles. The lowest BCUT2D eigenvalue weighted by Crippen LogP contribution is -2.49. The first-order chi connectivity index (χ1) is 16.7. The fourth-order valence-electron chi connectivity index (χ4n) is 4.48. The summed E-state index contributed by atoms with van der Waals surface area (Å²) in [7, 11) is 0. The highest BCUT2D eigenvalue weighted by molar-refractivity contribution is 8.00. The zero-order valence-corrected chi connectivity index (χ0v) is 20.9. The zero-order valence-electron chi connectivity index (χ0n) is 19.3. The number of alkyl halides is 3. The molecule has 2 aliphatic rings. The molecule has 6 nitrogen and oxygen atoms in total. The fourth-order valence-corrected chi connectivity index (χ4v) is 5.13. The number of anilines is 2. The van der Waals surface area contributed by atoms with E-state index in [9.17, 15) is 18.0 Å². The molecule has 190 valence electrons. The minimum Gasteiger partial charge on any atom is -0.381 e. The van der Waals surface area contributed by atoms with E-state index in [0.29, 0.717) is 18.0 Å². The minimum atomic E-state index is -4.29. The van der Waals surface area contributed by atoms with E-state index < -0.39 is 5.51 Å². The number of carbonyl (C=O) groups is 1. The first kappa shape index (κ1) is 25.9. The Morgan fingerprint density at radius 2 is 1.83 bits per heavy atom. The monoisotopic (exact) mass is 527 g/mol. The third kappa shape index (κ3) is 7.91. The van der Waals surface area contributed by atoms with Gasteiger partial charge in [0.1, 0.15) is 5.82 Å². The van der Waals surface area contributed by atoms with Crippen molar-refractivity contribution in [3.63, 3.8) is 0 Å². The number of piperazine rings is 1. The van der Waals surface area contributed by atoms with E-state index in [1.54, 1.807) is 18.3 Å². The molecule has 1 aromatic heterocycles. The van der Waals surface area contributed by atoms with E-state index in [1.807, 2.05) is 17.0 Å². The van der Waals surface area contributed by atoms with Crippen LogP contribution in [0.5, 0.6) is 0 Å². The summed E-state index contributed by atoms with van der Waals surface area (Å²) in [5.41, 5.74) is -3.52. The van der Waals surface area contributed by atoms with Gasteiger partial charge in [0.2, 0.25) is 5.91 Å². The number of benzene rings is 1. The number of carbonyl (C=O) groups excluding carboxylic acids is 1. The van der Waals surface area contributed by atoms with Gasteiger partial charge in [-0.1, -0.05) is 11.6 Å². The molecule has 0 spiro atoms. The highest BCUT2D eigenvalue weighted by Crippen LogP contribution is 2.37. The van der Waals surface area contributed by atoms with Gasteiger partial charge in [0.05, 0.1) is 5.02 Å². The Balaban J connectivity index is 1.19. The number of halogens is 4. The van der Waals surface area contributed by atoms with Gasteiger partial charge >= 0.3 is 5.51 Å². The second kappa shape index (κ2) is 11.7. The van der Waals surface area contributed by atoms with Crippen LogP contribution in [-0.4, -0.2) is 78.1 Å². The Hall–Kier alpha value is -2.17. The number of hydrogen-bond acceptors (Lipinski definition) is 6. The smallest absolute Gasteiger partial charge is 0.381 e. The van der Waals surface area contributed by atoms with E-state index in [1.165, 1.54) is 12.1 Å². The van der Waals surface area contributed by atoms with E-state index in [2.05, 4.69) is 20.1 Å². The number of amides is 1. The van der Waals surface area contributed by atoms with Gasteiger partial charge in [-0.15, -0.1) is 0 Å². The molecule has 2 fully saturated rings. The van der Waals surface area contributed by atoms with Crippen molar-refractivity contribution >= 4 is 40.8 Å². The van der Waals surface area contributed by atoms with Crippen LogP contribution in [0.2, 0.25) is 5.02 Å². The van der Waals surface area contributed by atoms with Crippen molar-refractivity contribution in [1.29, 1.82) is 0 Å². The molecule has 1 N–H and O–H groups in total. The molecular weight excluding hydrogens is 499 g/mol. The number of thioether (sulfide) groups is 1. The topological polar surface area (TPSA) is 51.7 Å². The molecule has 2 saturated heterocycles. The molecule has 4 rings (SSSR count). The number of hydrogen-bond donors (Lipinski definition) is 1. The van der Waals surface area contributed by atoms with E-state index >= 15 is 0 Å². The van der Waals surface area contributed by atoms with E-state index in [0.717, 1.165) is 63.6 Å².